The van der Waals surface area contributed by atoms with Crippen LogP contribution in [0.15, 0.2) is 61.2 Å². The fraction of sp³-hybridized carbons (Fsp3) is 0.400. The number of hydrogen-bond donors (Lipinski definition) is 1. The maximum absolute atomic E-state index is 13.0. The lowest BCUT2D eigenvalue weighted by atomic mass is 10.1. The standard InChI is InChI=1S/C23H23N5O3.C5H11N.C2H6/c1-3-21(29)28-13-11-27(12-14-28)20-15-19(25-23(26-20)31-2)22(30)24-18-10-6-8-16-7-4-5-9-17(16)18;1-6-4-2-3-5-6;1-2/h3-10,15H,1,11-14H2,2H3,(H,24,30);2-5H2,1H3;1-2H3. The Morgan fingerprint density at radius 1 is 0.949 bits per heavy atom. The zero-order chi connectivity index (χ0) is 28.2. The van der Waals surface area contributed by atoms with Crippen LogP contribution in [-0.2, 0) is 4.79 Å². The molecule has 0 bridgehead atoms. The van der Waals surface area contributed by atoms with Crippen molar-refractivity contribution >= 4 is 34.1 Å². The maximum Gasteiger partial charge on any atom is 0.318 e. The van der Waals surface area contributed by atoms with Crippen molar-refractivity contribution in [1.82, 2.24) is 19.8 Å². The number of rotatable bonds is 5. The Bertz CT molecular complexity index is 1250. The average Bonchev–Trinajstić information content (AvgIpc) is 3.49. The number of carbonyl (C=O) groups excluding carboxylic acids is 2. The first-order valence-electron chi connectivity index (χ1n) is 13.6. The van der Waals surface area contributed by atoms with Crippen LogP contribution < -0.4 is 15.0 Å². The first-order chi connectivity index (χ1) is 19.0. The normalized spacial score (nSPS) is 15.0. The van der Waals surface area contributed by atoms with Crippen LogP contribution in [0.25, 0.3) is 10.8 Å². The third kappa shape index (κ3) is 8.00. The quantitative estimate of drug-likeness (QED) is 0.485. The number of aromatic nitrogens is 2. The molecule has 0 spiro atoms. The van der Waals surface area contributed by atoms with Crippen molar-refractivity contribution in [2.45, 2.75) is 26.7 Å². The molecular weight excluding hydrogens is 492 g/mol. The lowest BCUT2D eigenvalue weighted by Gasteiger charge is -2.35. The second kappa shape index (κ2) is 14.8. The summed E-state index contributed by atoms with van der Waals surface area (Å²) < 4.78 is 5.23. The van der Waals surface area contributed by atoms with Gasteiger partial charge in [-0.05, 0) is 50.5 Å². The molecule has 2 amide bonds. The van der Waals surface area contributed by atoms with E-state index < -0.39 is 0 Å². The Morgan fingerprint density at radius 2 is 1.62 bits per heavy atom. The lowest BCUT2D eigenvalue weighted by molar-refractivity contribution is -0.126. The molecular formula is C30H40N6O3. The molecule has 0 saturated carbocycles. The predicted molar refractivity (Wildman–Crippen MR) is 158 cm³/mol. The highest BCUT2D eigenvalue weighted by molar-refractivity contribution is 6.08. The van der Waals surface area contributed by atoms with E-state index in [0.717, 1.165) is 10.8 Å². The second-order valence-electron chi connectivity index (χ2n) is 9.11. The van der Waals surface area contributed by atoms with Crippen molar-refractivity contribution in [3.05, 3.63) is 66.9 Å². The number of nitrogens with zero attached hydrogens (tertiary/aromatic N) is 5. The van der Waals surface area contributed by atoms with Gasteiger partial charge in [-0.25, -0.2) is 0 Å². The maximum atomic E-state index is 13.0. The van der Waals surface area contributed by atoms with Gasteiger partial charge >= 0.3 is 6.01 Å². The number of fused-ring (bicyclic) bond motifs is 1. The predicted octanol–water partition coefficient (Wildman–Crippen LogP) is 4.46. The molecule has 2 aromatic carbocycles. The molecule has 3 heterocycles. The summed E-state index contributed by atoms with van der Waals surface area (Å²) in [6.07, 6.45) is 4.14. The van der Waals surface area contributed by atoms with E-state index in [4.69, 9.17) is 4.74 Å². The van der Waals surface area contributed by atoms with Crippen LogP contribution in [0.4, 0.5) is 11.5 Å². The van der Waals surface area contributed by atoms with Gasteiger partial charge in [0.2, 0.25) is 5.91 Å². The van der Waals surface area contributed by atoms with Crippen LogP contribution in [0, 0.1) is 0 Å². The van der Waals surface area contributed by atoms with Gasteiger partial charge in [0.05, 0.1) is 7.11 Å². The van der Waals surface area contributed by atoms with Crippen LogP contribution in [0.5, 0.6) is 6.01 Å². The molecule has 2 aliphatic rings. The van der Waals surface area contributed by atoms with Gasteiger partial charge in [0.1, 0.15) is 11.5 Å². The molecule has 0 atom stereocenters. The van der Waals surface area contributed by atoms with Gasteiger partial charge < -0.3 is 24.8 Å². The van der Waals surface area contributed by atoms with Crippen LogP contribution in [0.1, 0.15) is 37.2 Å². The minimum Gasteiger partial charge on any atom is -0.467 e. The lowest BCUT2D eigenvalue weighted by Crippen LogP contribution is -2.48. The highest BCUT2D eigenvalue weighted by Gasteiger charge is 2.23. The molecule has 3 aromatic rings. The molecule has 0 radical (unpaired) electrons. The number of ether oxygens (including phenoxy) is 1. The Hall–Kier alpha value is -3.98. The van der Waals surface area contributed by atoms with E-state index in [2.05, 4.69) is 33.8 Å². The Balaban J connectivity index is 0.000000457. The number of carbonyl (C=O) groups is 2. The van der Waals surface area contributed by atoms with Crippen LogP contribution in [-0.4, -0.2) is 85.0 Å². The summed E-state index contributed by atoms with van der Waals surface area (Å²) in [6.45, 7) is 12.4. The molecule has 0 aliphatic carbocycles. The first-order valence-corrected chi connectivity index (χ1v) is 13.6. The minimum absolute atomic E-state index is 0.0879. The fourth-order valence-corrected chi connectivity index (χ4v) is 4.46. The van der Waals surface area contributed by atoms with Crippen molar-refractivity contribution in [2.75, 3.05) is 63.6 Å². The van der Waals surface area contributed by atoms with E-state index in [1.807, 2.05) is 61.2 Å². The average molecular weight is 533 g/mol. The van der Waals surface area contributed by atoms with Crippen LogP contribution in [0.3, 0.4) is 0 Å². The minimum atomic E-state index is -0.348. The number of hydrogen-bond acceptors (Lipinski definition) is 7. The van der Waals surface area contributed by atoms with Gasteiger partial charge in [0, 0.05) is 43.3 Å². The highest BCUT2D eigenvalue weighted by Crippen LogP contribution is 2.24. The monoisotopic (exact) mass is 532 g/mol. The van der Waals surface area contributed by atoms with E-state index in [-0.39, 0.29) is 23.5 Å². The molecule has 39 heavy (non-hydrogen) atoms. The SMILES string of the molecule is C=CC(=O)N1CCN(c2cc(C(=O)Nc3cccc4ccccc34)nc(OC)n2)CC1.CC.CN1CCCC1. The zero-order valence-electron chi connectivity index (χ0n) is 23.5. The number of anilines is 2. The van der Waals surface area contributed by atoms with Crippen molar-refractivity contribution in [1.29, 1.82) is 0 Å². The van der Waals surface area contributed by atoms with Gasteiger partial charge in [-0.15, -0.1) is 0 Å². The Kier molecular flexibility index (Phi) is 11.2. The summed E-state index contributed by atoms with van der Waals surface area (Å²) in [4.78, 5) is 39.5. The van der Waals surface area contributed by atoms with Gasteiger partial charge in [0.15, 0.2) is 0 Å². The Morgan fingerprint density at radius 3 is 2.23 bits per heavy atom. The van der Waals surface area contributed by atoms with E-state index in [1.54, 1.807) is 11.0 Å². The number of piperazine rings is 1. The summed E-state index contributed by atoms with van der Waals surface area (Å²) in [5.74, 6) is 0.148. The van der Waals surface area contributed by atoms with Gasteiger partial charge in [-0.2, -0.15) is 9.97 Å². The summed E-state index contributed by atoms with van der Waals surface area (Å²) in [5.41, 5.74) is 0.915. The molecule has 1 N–H and O–H groups in total. The van der Waals surface area contributed by atoms with Crippen molar-refractivity contribution < 1.29 is 14.3 Å². The fourth-order valence-electron chi connectivity index (χ4n) is 4.46. The number of benzene rings is 2. The van der Waals surface area contributed by atoms with E-state index >= 15 is 0 Å². The van der Waals surface area contributed by atoms with Crippen LogP contribution in [0.2, 0.25) is 0 Å². The second-order valence-corrected chi connectivity index (χ2v) is 9.11. The molecule has 5 rings (SSSR count). The molecule has 2 aliphatic heterocycles. The highest BCUT2D eigenvalue weighted by atomic mass is 16.5. The van der Waals surface area contributed by atoms with Crippen molar-refractivity contribution in [2.24, 2.45) is 0 Å². The summed E-state index contributed by atoms with van der Waals surface area (Å²) in [6, 6.07) is 15.3. The summed E-state index contributed by atoms with van der Waals surface area (Å²) in [7, 11) is 3.64. The number of amides is 2. The van der Waals surface area contributed by atoms with Crippen molar-refractivity contribution in [3.8, 4) is 6.01 Å². The van der Waals surface area contributed by atoms with Gasteiger partial charge in [0.25, 0.3) is 5.91 Å². The van der Waals surface area contributed by atoms with Gasteiger partial charge in [-0.3, -0.25) is 9.59 Å². The summed E-state index contributed by atoms with van der Waals surface area (Å²) >= 11 is 0. The third-order valence-electron chi connectivity index (χ3n) is 6.56. The number of nitrogens with one attached hydrogen (secondary N) is 1. The summed E-state index contributed by atoms with van der Waals surface area (Å²) in [5, 5.41) is 4.93. The van der Waals surface area contributed by atoms with E-state index in [0.29, 0.717) is 37.7 Å². The van der Waals surface area contributed by atoms with Crippen LogP contribution >= 0.6 is 0 Å². The van der Waals surface area contributed by atoms with Crippen molar-refractivity contribution in [3.63, 3.8) is 0 Å². The molecule has 2 fully saturated rings. The van der Waals surface area contributed by atoms with E-state index in [1.165, 1.54) is 39.1 Å². The smallest absolute Gasteiger partial charge is 0.318 e. The molecule has 2 saturated heterocycles. The molecule has 208 valence electrons. The largest absolute Gasteiger partial charge is 0.467 e. The topological polar surface area (TPSA) is 90.9 Å². The number of methoxy groups -OCH3 is 1. The molecule has 9 nitrogen and oxygen atoms in total. The Labute approximate surface area is 231 Å². The third-order valence-corrected chi connectivity index (χ3v) is 6.56. The number of likely N-dealkylation sites (tertiary alicyclic amines) is 1. The van der Waals surface area contributed by atoms with Gasteiger partial charge in [-0.1, -0.05) is 56.8 Å². The zero-order valence-corrected chi connectivity index (χ0v) is 23.5. The molecule has 0 unspecified atom stereocenters. The van der Waals surface area contributed by atoms with E-state index in [9.17, 15) is 9.59 Å². The molecule has 9 heteroatoms. The first kappa shape index (κ1) is 29.6. The molecule has 1 aromatic heterocycles.